The van der Waals surface area contributed by atoms with Crippen molar-refractivity contribution in [1.29, 1.82) is 0 Å². The van der Waals surface area contributed by atoms with Crippen LogP contribution in [0.15, 0.2) is 29.2 Å². The number of carbonyl (C=O) groups is 1. The minimum absolute atomic E-state index is 0.0443. The third-order valence-corrected chi connectivity index (χ3v) is 3.57. The first-order valence-electron chi connectivity index (χ1n) is 5.04. The number of carbonyl (C=O) groups excluding carboxylic acids is 1. The Hall–Kier alpha value is -1.44. The Morgan fingerprint density at radius 2 is 2.00 bits per heavy atom. The molecule has 1 aromatic carbocycles. The van der Waals surface area contributed by atoms with E-state index < -0.39 is 15.6 Å². The predicted octanol–water partition coefficient (Wildman–Crippen LogP) is -0.236. The molecule has 17 heavy (non-hydrogen) atoms. The molecule has 0 atom stereocenters. The molecule has 1 fully saturated rings. The normalized spacial score (nSPS) is 17.5. The van der Waals surface area contributed by atoms with Gasteiger partial charge in [0.25, 0.3) is 0 Å². The Bertz CT molecular complexity index is 564. The number of rotatable bonds is 3. The van der Waals surface area contributed by atoms with Gasteiger partial charge in [0.05, 0.1) is 10.4 Å². The van der Waals surface area contributed by atoms with Crippen LogP contribution in [0.1, 0.15) is 12.8 Å². The average molecular weight is 255 g/mol. The molecule has 2 rings (SSSR count). The van der Waals surface area contributed by atoms with Crippen molar-refractivity contribution in [2.24, 2.45) is 10.9 Å². The van der Waals surface area contributed by atoms with E-state index in [1.54, 1.807) is 6.07 Å². The topological polar surface area (TPSA) is 115 Å². The predicted molar refractivity (Wildman–Crippen MR) is 62.6 cm³/mol. The first-order valence-corrected chi connectivity index (χ1v) is 6.59. The molecule has 1 aliphatic carbocycles. The molecule has 92 valence electrons. The lowest BCUT2D eigenvalue weighted by Gasteiger charge is -2.10. The molecule has 7 heteroatoms. The number of nitrogens with one attached hydrogen (secondary N) is 1. The molecule has 0 aliphatic heterocycles. The molecule has 1 aromatic rings. The smallest absolute Gasteiger partial charge is 0.244 e. The van der Waals surface area contributed by atoms with E-state index in [4.69, 9.17) is 10.9 Å². The van der Waals surface area contributed by atoms with E-state index in [1.165, 1.54) is 18.2 Å². The summed E-state index contributed by atoms with van der Waals surface area (Å²) in [6.45, 7) is 0. The van der Waals surface area contributed by atoms with Crippen LogP contribution in [0.25, 0.3) is 0 Å². The zero-order valence-corrected chi connectivity index (χ0v) is 9.83. The van der Waals surface area contributed by atoms with Crippen LogP contribution in [0.4, 0.5) is 5.69 Å². The highest BCUT2D eigenvalue weighted by molar-refractivity contribution is 7.89. The number of nitrogens with two attached hydrogens (primary N) is 2. The number of benzene rings is 1. The lowest BCUT2D eigenvalue weighted by Crippen LogP contribution is -2.37. The van der Waals surface area contributed by atoms with Crippen LogP contribution < -0.4 is 16.2 Å². The highest BCUT2D eigenvalue weighted by atomic mass is 32.2. The number of sulfonamides is 1. The molecular weight excluding hydrogens is 242 g/mol. The van der Waals surface area contributed by atoms with Gasteiger partial charge in [0.2, 0.25) is 15.9 Å². The van der Waals surface area contributed by atoms with Crippen molar-refractivity contribution in [3.8, 4) is 0 Å². The molecule has 1 aliphatic rings. The van der Waals surface area contributed by atoms with Crippen molar-refractivity contribution in [1.82, 2.24) is 0 Å². The zero-order valence-electron chi connectivity index (χ0n) is 9.01. The third-order valence-electron chi connectivity index (χ3n) is 2.66. The van der Waals surface area contributed by atoms with Gasteiger partial charge < -0.3 is 11.1 Å². The minimum Gasteiger partial charge on any atom is -0.324 e. The second-order valence-corrected chi connectivity index (χ2v) is 5.74. The van der Waals surface area contributed by atoms with Crippen molar-refractivity contribution >= 4 is 21.6 Å². The van der Waals surface area contributed by atoms with Crippen LogP contribution in [0.5, 0.6) is 0 Å². The standard InChI is InChI=1S/C10H13N3O3S/c11-10(4-5-10)9(14)13-7-2-1-3-8(6-7)17(12,15)16/h1-3,6H,4-5,11H2,(H,13,14)(H2,12,15,16). The van der Waals surface area contributed by atoms with E-state index >= 15 is 0 Å². The van der Waals surface area contributed by atoms with Crippen LogP contribution in [-0.2, 0) is 14.8 Å². The van der Waals surface area contributed by atoms with E-state index in [0.29, 0.717) is 18.5 Å². The van der Waals surface area contributed by atoms with Crippen LogP contribution in [0.3, 0.4) is 0 Å². The number of anilines is 1. The van der Waals surface area contributed by atoms with Gasteiger partial charge in [-0.05, 0) is 31.0 Å². The van der Waals surface area contributed by atoms with E-state index in [9.17, 15) is 13.2 Å². The Morgan fingerprint density at radius 1 is 1.35 bits per heavy atom. The Morgan fingerprint density at radius 3 is 2.53 bits per heavy atom. The summed E-state index contributed by atoms with van der Waals surface area (Å²) in [6, 6.07) is 5.75. The Kier molecular flexibility index (Phi) is 2.69. The van der Waals surface area contributed by atoms with Gasteiger partial charge in [0.1, 0.15) is 0 Å². The van der Waals surface area contributed by atoms with Gasteiger partial charge >= 0.3 is 0 Å². The van der Waals surface area contributed by atoms with Gasteiger partial charge in [0, 0.05) is 5.69 Å². The second kappa shape index (κ2) is 3.80. The molecule has 6 nitrogen and oxygen atoms in total. The second-order valence-electron chi connectivity index (χ2n) is 4.18. The zero-order chi connectivity index (χ0) is 12.7. The monoisotopic (exact) mass is 255 g/mol. The molecule has 0 radical (unpaired) electrons. The minimum atomic E-state index is -3.76. The summed E-state index contributed by atoms with van der Waals surface area (Å²) in [5.74, 6) is -0.302. The first-order chi connectivity index (χ1) is 7.81. The molecular formula is C10H13N3O3S. The van der Waals surface area contributed by atoms with Crippen molar-refractivity contribution in [2.75, 3.05) is 5.32 Å². The first kappa shape index (κ1) is 12.0. The average Bonchev–Trinajstić information content (AvgIpc) is 2.97. The van der Waals surface area contributed by atoms with Gasteiger partial charge in [0.15, 0.2) is 0 Å². The lowest BCUT2D eigenvalue weighted by molar-refractivity contribution is -0.118. The third kappa shape index (κ3) is 2.63. The fourth-order valence-corrected chi connectivity index (χ4v) is 1.93. The summed E-state index contributed by atoms with van der Waals surface area (Å²) in [5, 5.41) is 7.56. The van der Waals surface area contributed by atoms with E-state index in [-0.39, 0.29) is 10.8 Å². The highest BCUT2D eigenvalue weighted by Crippen LogP contribution is 2.33. The van der Waals surface area contributed by atoms with Crippen LogP contribution >= 0.6 is 0 Å². The SMILES string of the molecule is NC1(C(=O)Nc2cccc(S(N)(=O)=O)c2)CC1. The molecule has 0 saturated heterocycles. The number of hydrogen-bond acceptors (Lipinski definition) is 4. The van der Waals surface area contributed by atoms with Crippen LogP contribution in [0.2, 0.25) is 0 Å². The van der Waals surface area contributed by atoms with Gasteiger partial charge in [-0.25, -0.2) is 13.6 Å². The molecule has 1 saturated carbocycles. The van der Waals surface area contributed by atoms with Gasteiger partial charge in [-0.3, -0.25) is 4.79 Å². The quantitative estimate of drug-likeness (QED) is 0.691. The van der Waals surface area contributed by atoms with E-state index in [1.807, 2.05) is 0 Å². The van der Waals surface area contributed by atoms with Gasteiger partial charge in [-0.15, -0.1) is 0 Å². The maximum absolute atomic E-state index is 11.6. The molecule has 0 unspecified atom stereocenters. The summed E-state index contributed by atoms with van der Waals surface area (Å²) < 4.78 is 22.2. The summed E-state index contributed by atoms with van der Waals surface area (Å²) in [5.41, 5.74) is 5.29. The molecule has 0 bridgehead atoms. The highest BCUT2D eigenvalue weighted by Gasteiger charge is 2.45. The molecule has 1 amide bonds. The van der Waals surface area contributed by atoms with Gasteiger partial charge in [-0.1, -0.05) is 6.07 Å². The van der Waals surface area contributed by atoms with Crippen molar-refractivity contribution in [3.05, 3.63) is 24.3 Å². The summed E-state index contributed by atoms with van der Waals surface area (Å²) in [4.78, 5) is 11.6. The summed E-state index contributed by atoms with van der Waals surface area (Å²) >= 11 is 0. The van der Waals surface area contributed by atoms with Crippen LogP contribution in [-0.4, -0.2) is 19.9 Å². The largest absolute Gasteiger partial charge is 0.324 e. The summed E-state index contributed by atoms with van der Waals surface area (Å²) in [7, 11) is -3.76. The Labute approximate surface area is 99.0 Å². The molecule has 5 N–H and O–H groups in total. The molecule has 0 spiro atoms. The molecule has 0 aromatic heterocycles. The fourth-order valence-electron chi connectivity index (χ4n) is 1.37. The van der Waals surface area contributed by atoms with Gasteiger partial charge in [-0.2, -0.15) is 0 Å². The van der Waals surface area contributed by atoms with Crippen molar-refractivity contribution < 1.29 is 13.2 Å². The number of hydrogen-bond donors (Lipinski definition) is 3. The number of primary sulfonamides is 1. The van der Waals surface area contributed by atoms with Crippen molar-refractivity contribution in [3.63, 3.8) is 0 Å². The van der Waals surface area contributed by atoms with E-state index in [2.05, 4.69) is 5.32 Å². The van der Waals surface area contributed by atoms with E-state index in [0.717, 1.165) is 0 Å². The van der Waals surface area contributed by atoms with Crippen LogP contribution in [0, 0.1) is 0 Å². The molecule has 0 heterocycles. The maximum Gasteiger partial charge on any atom is 0.244 e. The number of amides is 1. The summed E-state index contributed by atoms with van der Waals surface area (Å²) in [6.07, 6.45) is 1.29. The fraction of sp³-hybridized carbons (Fsp3) is 0.300. The lowest BCUT2D eigenvalue weighted by atomic mass is 10.2. The maximum atomic E-state index is 11.6. The Balaban J connectivity index is 2.20. The van der Waals surface area contributed by atoms with Crippen molar-refractivity contribution in [2.45, 2.75) is 23.3 Å².